The molecule has 0 bridgehead atoms. The highest BCUT2D eigenvalue weighted by atomic mass is 16.3. The molecule has 0 spiro atoms. The van der Waals surface area contributed by atoms with Gasteiger partial charge in [-0.1, -0.05) is 6.07 Å². The summed E-state index contributed by atoms with van der Waals surface area (Å²) < 4.78 is 0. The second-order valence-electron chi connectivity index (χ2n) is 3.43. The van der Waals surface area contributed by atoms with Crippen LogP contribution in [0.2, 0.25) is 0 Å². The molecule has 0 fully saturated rings. The summed E-state index contributed by atoms with van der Waals surface area (Å²) >= 11 is 0. The number of aliphatic hydroxyl groups is 2. The summed E-state index contributed by atoms with van der Waals surface area (Å²) in [7, 11) is 0. The van der Waals surface area contributed by atoms with Gasteiger partial charge in [0.25, 0.3) is 0 Å². The van der Waals surface area contributed by atoms with E-state index in [0.29, 0.717) is 6.54 Å². The van der Waals surface area contributed by atoms with E-state index in [2.05, 4.69) is 4.98 Å². The van der Waals surface area contributed by atoms with Crippen LogP contribution in [0.1, 0.15) is 25.5 Å². The Morgan fingerprint density at radius 3 is 2.60 bits per heavy atom. The lowest BCUT2D eigenvalue weighted by Gasteiger charge is -2.20. The Labute approximate surface area is 90.2 Å². The van der Waals surface area contributed by atoms with E-state index in [1.807, 2.05) is 24.0 Å². The molecule has 0 saturated heterocycles. The van der Waals surface area contributed by atoms with Crippen LogP contribution in [0.15, 0.2) is 18.3 Å². The van der Waals surface area contributed by atoms with Crippen LogP contribution in [-0.2, 0) is 0 Å². The van der Waals surface area contributed by atoms with Gasteiger partial charge in [-0.3, -0.25) is 0 Å². The van der Waals surface area contributed by atoms with Gasteiger partial charge in [-0.05, 0) is 25.5 Å². The first-order valence-corrected chi connectivity index (χ1v) is 5.18. The van der Waals surface area contributed by atoms with Crippen molar-refractivity contribution in [3.63, 3.8) is 0 Å². The number of anilines is 1. The summed E-state index contributed by atoms with van der Waals surface area (Å²) in [5.41, 5.74) is 0.804. The fraction of sp³-hybridized carbons (Fsp3) is 0.545. The van der Waals surface area contributed by atoms with E-state index in [1.54, 1.807) is 13.1 Å². The van der Waals surface area contributed by atoms with Crippen molar-refractivity contribution in [2.75, 3.05) is 24.6 Å². The van der Waals surface area contributed by atoms with Gasteiger partial charge < -0.3 is 15.1 Å². The third-order valence-corrected chi connectivity index (χ3v) is 2.33. The summed E-state index contributed by atoms with van der Waals surface area (Å²) in [4.78, 5) is 6.22. The molecule has 15 heavy (non-hydrogen) atoms. The van der Waals surface area contributed by atoms with Gasteiger partial charge in [-0.2, -0.15) is 0 Å². The molecule has 4 heteroatoms. The van der Waals surface area contributed by atoms with Gasteiger partial charge in [0.1, 0.15) is 5.82 Å². The molecule has 4 nitrogen and oxygen atoms in total. The summed E-state index contributed by atoms with van der Waals surface area (Å²) in [5, 5.41) is 18.2. The summed E-state index contributed by atoms with van der Waals surface area (Å²) in [6, 6.07) is 3.72. The minimum absolute atomic E-state index is 0.119. The zero-order valence-corrected chi connectivity index (χ0v) is 9.22. The lowest BCUT2D eigenvalue weighted by Crippen LogP contribution is -2.26. The average molecular weight is 210 g/mol. The smallest absolute Gasteiger partial charge is 0.128 e. The molecular weight excluding hydrogens is 192 g/mol. The predicted molar refractivity (Wildman–Crippen MR) is 59.8 cm³/mol. The van der Waals surface area contributed by atoms with E-state index in [1.165, 1.54) is 0 Å². The topological polar surface area (TPSA) is 56.6 Å². The molecule has 84 valence electrons. The lowest BCUT2D eigenvalue weighted by molar-refractivity contribution is 0.199. The van der Waals surface area contributed by atoms with Crippen molar-refractivity contribution in [3.05, 3.63) is 23.9 Å². The molecule has 0 amide bonds. The van der Waals surface area contributed by atoms with Crippen molar-refractivity contribution in [2.45, 2.75) is 20.0 Å². The summed E-state index contributed by atoms with van der Waals surface area (Å²) in [6.45, 7) is 5.23. The number of hydrogen-bond donors (Lipinski definition) is 2. The highest BCUT2D eigenvalue weighted by molar-refractivity contribution is 5.39. The molecule has 1 aromatic heterocycles. The SMILES string of the molecule is CCN(CCO)c1ccc([C@H](C)O)cn1. The average Bonchev–Trinajstić information content (AvgIpc) is 2.26. The number of likely N-dealkylation sites (N-methyl/N-ethyl adjacent to an activating group) is 1. The van der Waals surface area contributed by atoms with Crippen LogP contribution in [0.4, 0.5) is 5.82 Å². The van der Waals surface area contributed by atoms with E-state index in [9.17, 15) is 5.11 Å². The Balaban J connectivity index is 2.77. The van der Waals surface area contributed by atoms with Gasteiger partial charge in [0.2, 0.25) is 0 Å². The fourth-order valence-corrected chi connectivity index (χ4v) is 1.39. The highest BCUT2D eigenvalue weighted by Crippen LogP contribution is 2.15. The van der Waals surface area contributed by atoms with Crippen LogP contribution >= 0.6 is 0 Å². The minimum Gasteiger partial charge on any atom is -0.395 e. The molecule has 0 aliphatic rings. The van der Waals surface area contributed by atoms with Crippen LogP contribution in [-0.4, -0.2) is 34.9 Å². The first kappa shape index (κ1) is 11.9. The summed E-state index contributed by atoms with van der Waals surface area (Å²) in [5.74, 6) is 0.830. The third kappa shape index (κ3) is 3.18. The van der Waals surface area contributed by atoms with Crippen molar-refractivity contribution in [2.24, 2.45) is 0 Å². The van der Waals surface area contributed by atoms with Crippen LogP contribution in [0, 0.1) is 0 Å². The molecule has 2 N–H and O–H groups in total. The Morgan fingerprint density at radius 2 is 2.20 bits per heavy atom. The normalized spacial score (nSPS) is 12.5. The van der Waals surface area contributed by atoms with E-state index in [-0.39, 0.29) is 6.61 Å². The van der Waals surface area contributed by atoms with Crippen molar-refractivity contribution in [1.82, 2.24) is 4.98 Å². The van der Waals surface area contributed by atoms with Crippen molar-refractivity contribution in [3.8, 4) is 0 Å². The molecule has 0 radical (unpaired) electrons. The zero-order valence-electron chi connectivity index (χ0n) is 9.22. The van der Waals surface area contributed by atoms with Gasteiger partial charge in [-0.15, -0.1) is 0 Å². The molecule has 0 aromatic carbocycles. The Kier molecular flexibility index (Phi) is 4.52. The molecule has 1 atom stereocenters. The van der Waals surface area contributed by atoms with Gasteiger partial charge >= 0.3 is 0 Å². The van der Waals surface area contributed by atoms with Gasteiger partial charge in [-0.25, -0.2) is 4.98 Å². The van der Waals surface area contributed by atoms with Crippen molar-refractivity contribution < 1.29 is 10.2 Å². The van der Waals surface area contributed by atoms with Gasteiger partial charge in [0.05, 0.1) is 12.7 Å². The quantitative estimate of drug-likeness (QED) is 0.760. The highest BCUT2D eigenvalue weighted by Gasteiger charge is 2.06. The molecule has 1 aromatic rings. The molecule has 1 rings (SSSR count). The third-order valence-electron chi connectivity index (χ3n) is 2.33. The Bertz CT molecular complexity index is 285. The molecular formula is C11H18N2O2. The first-order chi connectivity index (χ1) is 7.19. The monoisotopic (exact) mass is 210 g/mol. The molecule has 0 unspecified atom stereocenters. The fourth-order valence-electron chi connectivity index (χ4n) is 1.39. The molecule has 0 saturated carbocycles. The number of nitrogens with zero attached hydrogens (tertiary/aromatic N) is 2. The maximum atomic E-state index is 9.32. The van der Waals surface area contributed by atoms with E-state index in [4.69, 9.17) is 5.11 Å². The van der Waals surface area contributed by atoms with E-state index in [0.717, 1.165) is 17.9 Å². The number of aromatic nitrogens is 1. The van der Waals surface area contributed by atoms with E-state index >= 15 is 0 Å². The lowest BCUT2D eigenvalue weighted by atomic mass is 10.2. The molecule has 0 aliphatic carbocycles. The largest absolute Gasteiger partial charge is 0.395 e. The van der Waals surface area contributed by atoms with Crippen LogP contribution < -0.4 is 4.90 Å². The molecule has 1 heterocycles. The minimum atomic E-state index is -0.487. The number of rotatable bonds is 5. The predicted octanol–water partition coefficient (Wildman–Crippen LogP) is 0.954. The van der Waals surface area contributed by atoms with Crippen molar-refractivity contribution >= 4 is 5.82 Å². The van der Waals surface area contributed by atoms with Crippen LogP contribution in [0.25, 0.3) is 0 Å². The van der Waals surface area contributed by atoms with Gasteiger partial charge in [0, 0.05) is 19.3 Å². The second-order valence-corrected chi connectivity index (χ2v) is 3.43. The number of hydrogen-bond acceptors (Lipinski definition) is 4. The Morgan fingerprint density at radius 1 is 1.47 bits per heavy atom. The van der Waals surface area contributed by atoms with Crippen LogP contribution in [0.3, 0.4) is 0 Å². The maximum Gasteiger partial charge on any atom is 0.128 e. The number of pyridine rings is 1. The number of aliphatic hydroxyl groups excluding tert-OH is 2. The van der Waals surface area contributed by atoms with E-state index < -0.39 is 6.10 Å². The standard InChI is InChI=1S/C11H18N2O2/c1-3-13(6-7-14)11-5-4-10(8-12-11)9(2)15/h4-5,8-9,14-15H,3,6-7H2,1-2H3/t9-/m0/s1. The van der Waals surface area contributed by atoms with Gasteiger partial charge in [0.15, 0.2) is 0 Å². The second kappa shape index (κ2) is 5.68. The first-order valence-electron chi connectivity index (χ1n) is 5.18. The summed E-state index contributed by atoms with van der Waals surface area (Å²) in [6.07, 6.45) is 1.18. The van der Waals surface area contributed by atoms with Crippen molar-refractivity contribution in [1.29, 1.82) is 0 Å². The Hall–Kier alpha value is -1.13. The zero-order chi connectivity index (χ0) is 11.3. The van der Waals surface area contributed by atoms with Crippen LogP contribution in [0.5, 0.6) is 0 Å². The maximum absolute atomic E-state index is 9.32. The molecule has 0 aliphatic heterocycles.